The van der Waals surface area contributed by atoms with Gasteiger partial charge in [-0.05, 0) is 80.1 Å². The van der Waals surface area contributed by atoms with Gasteiger partial charge < -0.3 is 25.3 Å². The van der Waals surface area contributed by atoms with Gasteiger partial charge >= 0.3 is 0 Å². The number of nitrogens with two attached hydrogens (primary N) is 2. The molecular weight excluding hydrogens is 669 g/mol. The zero-order valence-electron chi connectivity index (χ0n) is 30.9. The lowest BCUT2D eigenvalue weighted by Crippen LogP contribution is -2.21. The maximum absolute atomic E-state index is 6.25. The fraction of sp³-hybridized carbons (Fsp3) is 0.200. The van der Waals surface area contributed by atoms with Crippen LogP contribution >= 0.6 is 0 Å². The molecule has 0 amide bonds. The summed E-state index contributed by atoms with van der Waals surface area (Å²) in [5.74, 6) is 2.67. The normalized spacial score (nSPS) is 13.2. The molecule has 0 atom stereocenters. The molecule has 9 heteroatoms. The van der Waals surface area contributed by atoms with Crippen molar-refractivity contribution in [3.8, 4) is 44.9 Å². The van der Waals surface area contributed by atoms with E-state index in [-0.39, 0.29) is 5.54 Å². The Labute approximate surface area is 315 Å². The maximum Gasteiger partial charge on any atom is 0.146 e. The van der Waals surface area contributed by atoms with Gasteiger partial charge in [-0.1, -0.05) is 97.8 Å². The minimum Gasteiger partial charge on any atom is -0.457 e. The van der Waals surface area contributed by atoms with Crippen LogP contribution in [-0.2, 0) is 5.54 Å². The number of rotatable bonds is 6. The first-order valence-corrected chi connectivity index (χ1v) is 18.5. The van der Waals surface area contributed by atoms with Gasteiger partial charge in [-0.15, -0.1) is 0 Å². The predicted octanol–water partition coefficient (Wildman–Crippen LogP) is 10.7. The minimum absolute atomic E-state index is 0.0960. The van der Waals surface area contributed by atoms with Crippen molar-refractivity contribution >= 4 is 33.7 Å². The van der Waals surface area contributed by atoms with Gasteiger partial charge in [-0.2, -0.15) is 0 Å². The molecule has 270 valence electrons. The Hall–Kier alpha value is -6.48. The van der Waals surface area contributed by atoms with Crippen LogP contribution in [0.5, 0.6) is 11.5 Å². The van der Waals surface area contributed by atoms with Crippen LogP contribution in [0.15, 0.2) is 134 Å². The molecule has 54 heavy (non-hydrogen) atoms. The van der Waals surface area contributed by atoms with Gasteiger partial charge in [0.05, 0.1) is 10.8 Å². The number of anilines is 2. The van der Waals surface area contributed by atoms with E-state index >= 15 is 0 Å². The Morgan fingerprint density at radius 3 is 1.65 bits per heavy atom. The summed E-state index contributed by atoms with van der Waals surface area (Å²) in [6, 6.07) is 37.3. The number of nitrogens with zero attached hydrogens (tertiary/aromatic N) is 6. The van der Waals surface area contributed by atoms with Crippen LogP contribution in [0.1, 0.15) is 52.5 Å². The van der Waals surface area contributed by atoms with Crippen molar-refractivity contribution < 1.29 is 4.74 Å². The molecule has 1 aliphatic carbocycles. The van der Waals surface area contributed by atoms with E-state index in [4.69, 9.17) is 16.2 Å². The van der Waals surface area contributed by atoms with Crippen LogP contribution in [-0.4, -0.2) is 29.1 Å². The molecule has 0 unspecified atom stereocenters. The van der Waals surface area contributed by atoms with Gasteiger partial charge in [-0.3, -0.25) is 0 Å². The molecule has 4 aromatic carbocycles. The summed E-state index contributed by atoms with van der Waals surface area (Å²) >= 11 is 0. The lowest BCUT2D eigenvalue weighted by Gasteiger charge is -2.21. The van der Waals surface area contributed by atoms with Gasteiger partial charge in [0.15, 0.2) is 0 Å². The molecular formula is C45H44N8O. The highest BCUT2D eigenvalue weighted by Crippen LogP contribution is 2.40. The first kappa shape index (κ1) is 34.6. The maximum atomic E-state index is 6.25. The molecule has 4 N–H and O–H groups in total. The van der Waals surface area contributed by atoms with Crippen LogP contribution in [0, 0.1) is 0 Å². The summed E-state index contributed by atoms with van der Waals surface area (Å²) in [6.45, 7) is 6.48. The third-order valence-corrected chi connectivity index (χ3v) is 10.1. The molecule has 8 aromatic rings. The predicted molar refractivity (Wildman–Crippen MR) is 219 cm³/mol. The molecule has 9 rings (SSSR count). The zero-order chi connectivity index (χ0) is 37.2. The number of hydrogen-bond acceptors (Lipinski definition) is 7. The monoisotopic (exact) mass is 712 g/mol. The Balaban J connectivity index is 0.000000154. The largest absolute Gasteiger partial charge is 0.457 e. The smallest absolute Gasteiger partial charge is 0.146 e. The summed E-state index contributed by atoms with van der Waals surface area (Å²) in [4.78, 5) is 17.5. The Morgan fingerprint density at radius 1 is 0.556 bits per heavy atom. The number of fused-ring (bicyclic) bond motifs is 2. The Bertz CT molecular complexity index is 2510. The summed E-state index contributed by atoms with van der Waals surface area (Å²) in [5, 5.41) is 1.85. The van der Waals surface area contributed by atoms with Crippen molar-refractivity contribution in [2.45, 2.75) is 58.0 Å². The first-order valence-electron chi connectivity index (χ1n) is 18.5. The zero-order valence-corrected chi connectivity index (χ0v) is 30.9. The molecule has 0 saturated heterocycles. The third-order valence-electron chi connectivity index (χ3n) is 10.1. The van der Waals surface area contributed by atoms with Gasteiger partial charge in [0.2, 0.25) is 0 Å². The average Bonchev–Trinajstić information content (AvgIpc) is 3.96. The van der Waals surface area contributed by atoms with Gasteiger partial charge in [0, 0.05) is 35.1 Å². The minimum atomic E-state index is -0.0960. The molecule has 4 aromatic heterocycles. The molecule has 1 fully saturated rings. The quantitative estimate of drug-likeness (QED) is 0.176. The molecule has 4 heterocycles. The van der Waals surface area contributed by atoms with Crippen molar-refractivity contribution in [2.24, 2.45) is 0 Å². The highest BCUT2D eigenvalue weighted by atomic mass is 16.5. The fourth-order valence-electron chi connectivity index (χ4n) is 7.40. The SMILES string of the molecule is CC(C)(C)n1cc(-c2ccc(-c3ccccc3)cc2)c2c(N)ncnc21.Nc1ncnc2c1c(-c1ccc(Oc3ccccc3)cc1)cn2C1CCCC1. The van der Waals surface area contributed by atoms with Crippen molar-refractivity contribution in [1.29, 1.82) is 0 Å². The number of benzene rings is 4. The number of aromatic nitrogens is 6. The summed E-state index contributed by atoms with van der Waals surface area (Å²) in [7, 11) is 0. The van der Waals surface area contributed by atoms with Crippen LogP contribution in [0.3, 0.4) is 0 Å². The summed E-state index contributed by atoms with van der Waals surface area (Å²) in [5.41, 5.74) is 20.9. The van der Waals surface area contributed by atoms with Crippen LogP contribution in [0.25, 0.3) is 55.4 Å². The molecule has 0 aliphatic heterocycles. The van der Waals surface area contributed by atoms with Gasteiger partial charge in [0.25, 0.3) is 0 Å². The van der Waals surface area contributed by atoms with E-state index < -0.39 is 0 Å². The van der Waals surface area contributed by atoms with Crippen molar-refractivity contribution in [1.82, 2.24) is 29.1 Å². The highest BCUT2D eigenvalue weighted by Gasteiger charge is 2.24. The van der Waals surface area contributed by atoms with E-state index in [9.17, 15) is 0 Å². The standard InChI is InChI=1S/C23H22N4O.C22H22N4/c24-22-21-20(14-27(17-6-4-5-7-17)23(21)26-15-25-22)16-10-12-19(13-11-16)28-18-8-2-1-3-9-18;1-22(2,3)26-13-18(19-20(23)24-14-25-21(19)26)17-11-9-16(10-12-17)15-7-5-4-6-8-15/h1-3,8-15,17H,4-7H2,(H2,24,25,26);4-14H,1-3H3,(H2,23,24,25). The Morgan fingerprint density at radius 2 is 1.04 bits per heavy atom. The van der Waals surface area contributed by atoms with E-state index in [1.165, 1.54) is 43.1 Å². The lowest BCUT2D eigenvalue weighted by molar-refractivity contribution is 0.408. The second-order valence-corrected chi connectivity index (χ2v) is 14.8. The van der Waals surface area contributed by atoms with Gasteiger partial charge in [0.1, 0.15) is 47.1 Å². The molecule has 0 spiro atoms. The molecule has 1 aliphatic rings. The highest BCUT2D eigenvalue weighted by molar-refractivity contribution is 6.01. The van der Waals surface area contributed by atoms with E-state index in [2.05, 4.69) is 123 Å². The molecule has 1 saturated carbocycles. The van der Waals surface area contributed by atoms with Gasteiger partial charge in [-0.25, -0.2) is 19.9 Å². The lowest BCUT2D eigenvalue weighted by atomic mass is 10.0. The second kappa shape index (κ2) is 14.5. The van der Waals surface area contributed by atoms with Crippen molar-refractivity contribution in [3.05, 3.63) is 134 Å². The van der Waals surface area contributed by atoms with Crippen LogP contribution < -0.4 is 16.2 Å². The molecule has 9 nitrogen and oxygen atoms in total. The first-order chi connectivity index (χ1) is 26.2. The summed E-state index contributed by atoms with van der Waals surface area (Å²) < 4.78 is 10.4. The number of nitrogen functional groups attached to an aromatic ring is 2. The topological polar surface area (TPSA) is 123 Å². The number of ether oxygens (including phenoxy) is 1. The van der Waals surface area contributed by atoms with E-state index in [1.807, 2.05) is 48.5 Å². The average molecular weight is 713 g/mol. The molecule has 0 bridgehead atoms. The summed E-state index contributed by atoms with van der Waals surface area (Å²) in [6.07, 6.45) is 12.3. The van der Waals surface area contributed by atoms with Crippen molar-refractivity contribution in [3.63, 3.8) is 0 Å². The molecule has 0 radical (unpaired) electrons. The Kier molecular flexibility index (Phi) is 9.29. The fourth-order valence-corrected chi connectivity index (χ4v) is 7.40. The van der Waals surface area contributed by atoms with E-state index in [1.54, 1.807) is 6.33 Å². The third kappa shape index (κ3) is 6.88. The second-order valence-electron chi connectivity index (χ2n) is 14.8. The van der Waals surface area contributed by atoms with E-state index in [0.717, 1.165) is 55.8 Å². The van der Waals surface area contributed by atoms with Crippen LogP contribution in [0.4, 0.5) is 11.6 Å². The van der Waals surface area contributed by atoms with Crippen molar-refractivity contribution in [2.75, 3.05) is 11.5 Å². The van der Waals surface area contributed by atoms with Crippen LogP contribution in [0.2, 0.25) is 0 Å². The number of para-hydroxylation sites is 1. The number of hydrogen-bond donors (Lipinski definition) is 2. The van der Waals surface area contributed by atoms with E-state index in [0.29, 0.717) is 17.7 Å².